The number of aliphatic hydroxyl groups excluding tert-OH is 1. The summed E-state index contributed by atoms with van der Waals surface area (Å²) in [4.78, 5) is 14.3. The molecule has 3 nitrogen and oxygen atoms in total. The molecule has 17 heavy (non-hydrogen) atoms. The van der Waals surface area contributed by atoms with Crippen molar-refractivity contribution in [2.24, 2.45) is 5.92 Å². The van der Waals surface area contributed by atoms with Crippen LogP contribution in [-0.2, 0) is 4.79 Å². The number of rotatable bonds is 3. The highest BCUT2D eigenvalue weighted by molar-refractivity contribution is 5.76. The number of hydrogen-bond acceptors (Lipinski definition) is 2. The monoisotopic (exact) mass is 239 g/mol. The van der Waals surface area contributed by atoms with Crippen molar-refractivity contribution in [3.8, 4) is 0 Å². The van der Waals surface area contributed by atoms with Gasteiger partial charge in [-0.15, -0.1) is 0 Å². The molecule has 0 spiro atoms. The lowest BCUT2D eigenvalue weighted by Crippen LogP contribution is -2.42. The molecule has 0 aromatic carbocycles. The molecule has 0 bridgehead atoms. The fraction of sp³-hybridized carbons (Fsp3) is 0.929. The first-order chi connectivity index (χ1) is 8.31. The van der Waals surface area contributed by atoms with Crippen LogP contribution in [0.1, 0.15) is 57.8 Å². The topological polar surface area (TPSA) is 40.5 Å². The van der Waals surface area contributed by atoms with Crippen LogP contribution in [0.5, 0.6) is 0 Å². The molecule has 1 unspecified atom stereocenters. The quantitative estimate of drug-likeness (QED) is 0.821. The molecule has 0 radical (unpaired) electrons. The third-order valence-corrected chi connectivity index (χ3v) is 4.35. The molecule has 3 heteroatoms. The summed E-state index contributed by atoms with van der Waals surface area (Å²) in [6.07, 6.45) is 10.2. The largest absolute Gasteiger partial charge is 0.394 e. The summed E-state index contributed by atoms with van der Waals surface area (Å²) in [7, 11) is 0. The molecule has 1 atom stereocenters. The van der Waals surface area contributed by atoms with Crippen LogP contribution in [0, 0.1) is 5.92 Å². The first-order valence-electron chi connectivity index (χ1n) is 7.21. The Hall–Kier alpha value is -0.570. The van der Waals surface area contributed by atoms with E-state index in [-0.39, 0.29) is 18.6 Å². The van der Waals surface area contributed by atoms with Crippen LogP contribution in [0.3, 0.4) is 0 Å². The molecular formula is C14H25NO2. The van der Waals surface area contributed by atoms with Gasteiger partial charge < -0.3 is 10.0 Å². The molecule has 1 saturated heterocycles. The number of aliphatic hydroxyl groups is 1. The molecule has 2 aliphatic rings. The van der Waals surface area contributed by atoms with Gasteiger partial charge in [0, 0.05) is 13.0 Å². The highest BCUT2D eigenvalue weighted by Gasteiger charge is 2.27. The summed E-state index contributed by atoms with van der Waals surface area (Å²) in [5, 5.41) is 9.40. The van der Waals surface area contributed by atoms with Crippen molar-refractivity contribution in [1.82, 2.24) is 4.90 Å². The predicted octanol–water partition coefficient (Wildman–Crippen LogP) is 2.33. The Morgan fingerprint density at radius 1 is 1.06 bits per heavy atom. The lowest BCUT2D eigenvalue weighted by Gasteiger charge is -2.29. The van der Waals surface area contributed by atoms with E-state index in [1.54, 1.807) is 0 Å². The van der Waals surface area contributed by atoms with Crippen molar-refractivity contribution in [2.75, 3.05) is 13.2 Å². The van der Waals surface area contributed by atoms with Gasteiger partial charge in [0.1, 0.15) is 0 Å². The number of carbonyl (C=O) groups is 1. The van der Waals surface area contributed by atoms with Crippen molar-refractivity contribution >= 4 is 5.91 Å². The van der Waals surface area contributed by atoms with Crippen LogP contribution in [-0.4, -0.2) is 35.1 Å². The van der Waals surface area contributed by atoms with E-state index < -0.39 is 0 Å². The molecule has 0 aromatic rings. The molecular weight excluding hydrogens is 214 g/mol. The molecule has 1 amide bonds. The van der Waals surface area contributed by atoms with Gasteiger partial charge in [-0.2, -0.15) is 0 Å². The van der Waals surface area contributed by atoms with E-state index in [1.807, 2.05) is 4.90 Å². The van der Waals surface area contributed by atoms with Gasteiger partial charge in [0.15, 0.2) is 0 Å². The van der Waals surface area contributed by atoms with E-state index >= 15 is 0 Å². The van der Waals surface area contributed by atoms with Crippen LogP contribution < -0.4 is 0 Å². The summed E-state index contributed by atoms with van der Waals surface area (Å²) in [5.41, 5.74) is 0. The average molecular weight is 239 g/mol. The summed E-state index contributed by atoms with van der Waals surface area (Å²) < 4.78 is 0. The Morgan fingerprint density at radius 2 is 1.76 bits per heavy atom. The maximum atomic E-state index is 12.3. The molecule has 98 valence electrons. The SMILES string of the molecule is O=C(CC1CCCC1)N1CCCCCC1CO. The summed E-state index contributed by atoms with van der Waals surface area (Å²) in [6.45, 7) is 0.993. The van der Waals surface area contributed by atoms with Gasteiger partial charge in [-0.05, 0) is 31.6 Å². The van der Waals surface area contributed by atoms with Crippen LogP contribution in [0.15, 0.2) is 0 Å². The van der Waals surface area contributed by atoms with Crippen LogP contribution in [0.4, 0.5) is 0 Å². The Kier molecular flexibility index (Phi) is 4.84. The second-order valence-electron chi connectivity index (χ2n) is 5.63. The fourth-order valence-corrected chi connectivity index (χ4v) is 3.27. The summed E-state index contributed by atoms with van der Waals surface area (Å²) in [5.74, 6) is 0.906. The molecule has 2 fully saturated rings. The van der Waals surface area contributed by atoms with Gasteiger partial charge in [-0.3, -0.25) is 4.79 Å². The number of carbonyl (C=O) groups excluding carboxylic acids is 1. The zero-order valence-corrected chi connectivity index (χ0v) is 10.7. The van der Waals surface area contributed by atoms with Gasteiger partial charge in [-0.25, -0.2) is 0 Å². The Morgan fingerprint density at radius 3 is 2.47 bits per heavy atom. The second kappa shape index (κ2) is 6.39. The van der Waals surface area contributed by atoms with E-state index in [2.05, 4.69) is 0 Å². The highest BCUT2D eigenvalue weighted by atomic mass is 16.3. The number of nitrogens with zero attached hydrogens (tertiary/aromatic N) is 1. The first kappa shape index (κ1) is 12.9. The Balaban J connectivity index is 1.89. The smallest absolute Gasteiger partial charge is 0.223 e. The zero-order chi connectivity index (χ0) is 12.1. The lowest BCUT2D eigenvalue weighted by atomic mass is 10.0. The van der Waals surface area contributed by atoms with Crippen molar-refractivity contribution in [1.29, 1.82) is 0 Å². The Labute approximate surface area is 104 Å². The lowest BCUT2D eigenvalue weighted by molar-refractivity contribution is -0.135. The second-order valence-corrected chi connectivity index (χ2v) is 5.63. The van der Waals surface area contributed by atoms with Crippen molar-refractivity contribution in [3.63, 3.8) is 0 Å². The van der Waals surface area contributed by atoms with E-state index in [0.29, 0.717) is 5.92 Å². The van der Waals surface area contributed by atoms with Gasteiger partial charge in [-0.1, -0.05) is 25.7 Å². The number of amides is 1. The standard InChI is InChI=1S/C14H25NO2/c16-11-13-8-2-1-5-9-15(13)14(17)10-12-6-3-4-7-12/h12-13,16H,1-11H2. The first-order valence-corrected chi connectivity index (χ1v) is 7.21. The van der Waals surface area contributed by atoms with E-state index in [1.165, 1.54) is 32.1 Å². The fourth-order valence-electron chi connectivity index (χ4n) is 3.27. The summed E-state index contributed by atoms with van der Waals surface area (Å²) >= 11 is 0. The van der Waals surface area contributed by atoms with Crippen LogP contribution in [0.25, 0.3) is 0 Å². The minimum absolute atomic E-state index is 0.0893. The van der Waals surface area contributed by atoms with Gasteiger partial charge in [0.05, 0.1) is 12.6 Å². The minimum atomic E-state index is 0.0893. The molecule has 1 aliphatic carbocycles. The maximum Gasteiger partial charge on any atom is 0.223 e. The average Bonchev–Trinajstić information content (AvgIpc) is 2.71. The van der Waals surface area contributed by atoms with Crippen molar-refractivity contribution < 1.29 is 9.90 Å². The van der Waals surface area contributed by atoms with Gasteiger partial charge >= 0.3 is 0 Å². The third kappa shape index (κ3) is 3.44. The molecule has 1 aliphatic heterocycles. The van der Waals surface area contributed by atoms with E-state index in [4.69, 9.17) is 0 Å². The third-order valence-electron chi connectivity index (χ3n) is 4.35. The normalized spacial score (nSPS) is 27.1. The molecule has 1 saturated carbocycles. The van der Waals surface area contributed by atoms with E-state index in [9.17, 15) is 9.90 Å². The Bertz CT molecular complexity index is 249. The molecule has 0 aromatic heterocycles. The number of likely N-dealkylation sites (tertiary alicyclic amines) is 1. The summed E-state index contributed by atoms with van der Waals surface area (Å²) in [6, 6.07) is 0.0893. The van der Waals surface area contributed by atoms with Gasteiger partial charge in [0.2, 0.25) is 5.91 Å². The van der Waals surface area contributed by atoms with Crippen LogP contribution in [0.2, 0.25) is 0 Å². The van der Waals surface area contributed by atoms with E-state index in [0.717, 1.165) is 32.2 Å². The molecule has 2 rings (SSSR count). The molecule has 1 N–H and O–H groups in total. The van der Waals surface area contributed by atoms with Crippen molar-refractivity contribution in [2.45, 2.75) is 63.8 Å². The van der Waals surface area contributed by atoms with Gasteiger partial charge in [0.25, 0.3) is 0 Å². The minimum Gasteiger partial charge on any atom is -0.394 e. The zero-order valence-electron chi connectivity index (χ0n) is 10.7. The highest BCUT2D eigenvalue weighted by Crippen LogP contribution is 2.29. The van der Waals surface area contributed by atoms with Crippen molar-refractivity contribution in [3.05, 3.63) is 0 Å². The van der Waals surface area contributed by atoms with Crippen LogP contribution >= 0.6 is 0 Å². The predicted molar refractivity (Wildman–Crippen MR) is 67.6 cm³/mol. The number of hydrogen-bond donors (Lipinski definition) is 1. The maximum absolute atomic E-state index is 12.3. The molecule has 1 heterocycles.